The molecule has 36 heavy (non-hydrogen) atoms. The molecule has 1 saturated heterocycles. The Labute approximate surface area is 210 Å². The summed E-state index contributed by atoms with van der Waals surface area (Å²) in [5.74, 6) is -0.570. The average molecular weight is 517 g/mol. The summed E-state index contributed by atoms with van der Waals surface area (Å²) in [6.45, 7) is 0.883. The quantitative estimate of drug-likeness (QED) is 0.254. The number of carbonyl (C=O) groups excluding carboxylic acids is 1. The van der Waals surface area contributed by atoms with Crippen LogP contribution in [0.2, 0.25) is 0 Å². The van der Waals surface area contributed by atoms with E-state index in [2.05, 4.69) is 5.73 Å². The van der Waals surface area contributed by atoms with Crippen molar-refractivity contribution >= 4 is 23.1 Å². The van der Waals surface area contributed by atoms with E-state index in [1.165, 1.54) is 36.9 Å². The predicted molar refractivity (Wildman–Crippen MR) is 127 cm³/mol. The zero-order chi connectivity index (χ0) is 25.4. The van der Waals surface area contributed by atoms with E-state index in [9.17, 15) is 22.4 Å². The number of likely N-dealkylation sites (tertiary alicyclic amines) is 1. The number of rotatable bonds is 3. The third-order valence-electron chi connectivity index (χ3n) is 6.58. The molecule has 4 heterocycles. The topological polar surface area (TPSA) is 36.7 Å². The molecule has 1 aromatic carbocycles. The Kier molecular flexibility index (Phi) is 6.41. The standard InChI is InChI=1S/C27H21ClF4N2O2/c28-25-22(26(35)33-10-2-4-17(8-11-33)18-3-1-5-21(29)13-18)6-7-24-23(27(30,31)32)14-20(15-34(24)25)19-9-12-36-16-19/h1,3,5-6,9,12-17H,2,4,8,10-11H2. The summed E-state index contributed by atoms with van der Waals surface area (Å²) in [5, 5.41) is -0.129. The van der Waals surface area contributed by atoms with Gasteiger partial charge in [-0.2, -0.15) is 13.2 Å². The van der Waals surface area contributed by atoms with Crippen LogP contribution in [-0.2, 0) is 4.79 Å². The van der Waals surface area contributed by atoms with Crippen LogP contribution in [0.5, 0.6) is 0 Å². The Morgan fingerprint density at radius 3 is 2.72 bits per heavy atom. The molecule has 0 bridgehead atoms. The minimum absolute atomic E-state index is 0.0656. The zero-order valence-electron chi connectivity index (χ0n) is 19.0. The maximum Gasteiger partial charge on any atom is 0.419 e. The fraction of sp³-hybridized carbons (Fsp3) is 0.259. The highest BCUT2D eigenvalue weighted by Gasteiger charge is 2.42. The maximum atomic E-state index is 13.9. The van der Waals surface area contributed by atoms with Gasteiger partial charge in [0.05, 0.1) is 23.7 Å². The molecule has 1 fully saturated rings. The van der Waals surface area contributed by atoms with Crippen LogP contribution in [0, 0.1) is 5.82 Å². The second-order valence-corrected chi connectivity index (χ2v) is 9.20. The normalized spacial score (nSPS) is 20.5. The van der Waals surface area contributed by atoms with Gasteiger partial charge in [0, 0.05) is 30.4 Å². The molecule has 0 N–H and O–H groups in total. The van der Waals surface area contributed by atoms with Crippen molar-refractivity contribution in [2.45, 2.75) is 31.4 Å². The first-order valence-electron chi connectivity index (χ1n) is 11.5. The second kappa shape index (κ2) is 9.52. The lowest BCUT2D eigenvalue weighted by Gasteiger charge is -2.32. The number of allylic oxidation sites excluding steroid dienone is 2. The van der Waals surface area contributed by atoms with Crippen LogP contribution >= 0.6 is 11.6 Å². The largest absolute Gasteiger partial charge is 0.472 e. The van der Waals surface area contributed by atoms with Gasteiger partial charge in [0.15, 0.2) is 0 Å². The van der Waals surface area contributed by atoms with E-state index in [4.69, 9.17) is 16.0 Å². The summed E-state index contributed by atoms with van der Waals surface area (Å²) in [5.41, 5.74) is 3.07. The van der Waals surface area contributed by atoms with Crippen LogP contribution < -0.4 is 0 Å². The molecule has 0 saturated carbocycles. The fourth-order valence-electron chi connectivity index (χ4n) is 4.74. The molecule has 4 nitrogen and oxygen atoms in total. The number of hydrogen-bond donors (Lipinski definition) is 0. The van der Waals surface area contributed by atoms with Crippen molar-refractivity contribution in [1.82, 2.24) is 9.80 Å². The molecule has 1 amide bonds. The lowest BCUT2D eigenvalue weighted by Crippen LogP contribution is -2.35. The molecule has 0 spiro atoms. The van der Waals surface area contributed by atoms with Crippen LogP contribution in [0.15, 0.2) is 93.4 Å². The Morgan fingerprint density at radius 2 is 2.00 bits per heavy atom. The second-order valence-electron chi connectivity index (χ2n) is 8.84. The first-order valence-corrected chi connectivity index (χ1v) is 11.8. The summed E-state index contributed by atoms with van der Waals surface area (Å²) in [7, 11) is 0. The van der Waals surface area contributed by atoms with Gasteiger partial charge in [-0.3, -0.25) is 9.69 Å². The van der Waals surface area contributed by atoms with E-state index in [0.717, 1.165) is 23.0 Å². The van der Waals surface area contributed by atoms with E-state index >= 15 is 0 Å². The molecular formula is C27H21ClF4N2O2. The predicted octanol–water partition coefficient (Wildman–Crippen LogP) is 6.86. The lowest BCUT2D eigenvalue weighted by atomic mass is 9.92. The number of halogens is 5. The van der Waals surface area contributed by atoms with E-state index < -0.39 is 11.7 Å². The molecule has 9 heteroatoms. The number of hydrogen-bond acceptors (Lipinski definition) is 3. The summed E-state index contributed by atoms with van der Waals surface area (Å²) in [4.78, 5) is 16.2. The number of furan rings is 1. The van der Waals surface area contributed by atoms with Crippen molar-refractivity contribution in [2.75, 3.05) is 13.1 Å². The van der Waals surface area contributed by atoms with Gasteiger partial charge in [0.25, 0.3) is 5.91 Å². The van der Waals surface area contributed by atoms with Gasteiger partial charge in [-0.05, 0) is 61.1 Å². The first-order chi connectivity index (χ1) is 17.2. The van der Waals surface area contributed by atoms with Gasteiger partial charge in [0.2, 0.25) is 0 Å². The minimum atomic E-state index is -4.66. The van der Waals surface area contributed by atoms with Gasteiger partial charge in [0.1, 0.15) is 16.7 Å². The molecule has 1 unspecified atom stereocenters. The van der Waals surface area contributed by atoms with E-state index in [0.29, 0.717) is 31.5 Å². The Hall–Kier alpha value is -3.48. The third-order valence-corrected chi connectivity index (χ3v) is 6.96. The Morgan fingerprint density at radius 1 is 1.17 bits per heavy atom. The lowest BCUT2D eigenvalue weighted by molar-refractivity contribution is -0.126. The number of alkyl halides is 3. The summed E-state index contributed by atoms with van der Waals surface area (Å²) < 4.78 is 60.3. The summed E-state index contributed by atoms with van der Waals surface area (Å²) in [6, 6.07) is 8.01. The van der Waals surface area contributed by atoms with Crippen molar-refractivity contribution in [3.8, 4) is 0 Å². The van der Waals surface area contributed by atoms with Crippen molar-refractivity contribution in [3.63, 3.8) is 0 Å². The number of nitrogens with zero attached hydrogens (tertiary/aromatic N) is 2. The Bertz CT molecular complexity index is 1350. The molecule has 2 aromatic rings. The molecule has 0 aliphatic carbocycles. The van der Waals surface area contributed by atoms with Gasteiger partial charge in [-0.1, -0.05) is 29.5 Å². The van der Waals surface area contributed by atoms with Crippen molar-refractivity contribution in [3.05, 3.63) is 106 Å². The number of amides is 1. The average Bonchev–Trinajstić information content (AvgIpc) is 3.27. The Balaban J connectivity index is 1.43. The molecule has 1 aromatic heterocycles. The molecule has 1 atom stereocenters. The molecule has 3 aliphatic rings. The molecule has 5 rings (SSSR count). The molecule has 3 aliphatic heterocycles. The van der Waals surface area contributed by atoms with Crippen LogP contribution in [0.4, 0.5) is 17.6 Å². The van der Waals surface area contributed by atoms with Crippen molar-refractivity contribution in [1.29, 1.82) is 0 Å². The summed E-state index contributed by atoms with van der Waals surface area (Å²) >= 11 is 6.56. The van der Waals surface area contributed by atoms with Crippen molar-refractivity contribution < 1.29 is 26.8 Å². The number of carbonyl (C=O) groups is 1. The zero-order valence-corrected chi connectivity index (χ0v) is 19.7. The van der Waals surface area contributed by atoms with Gasteiger partial charge in [-0.15, -0.1) is 0 Å². The third kappa shape index (κ3) is 4.66. The summed E-state index contributed by atoms with van der Waals surface area (Å²) in [6.07, 6.45) is 3.85. The maximum absolute atomic E-state index is 13.9. The fourth-order valence-corrected chi connectivity index (χ4v) is 5.01. The van der Waals surface area contributed by atoms with Crippen LogP contribution in [0.1, 0.15) is 36.3 Å². The van der Waals surface area contributed by atoms with E-state index in [1.54, 1.807) is 17.0 Å². The van der Waals surface area contributed by atoms with Crippen LogP contribution in [0.3, 0.4) is 0 Å². The van der Waals surface area contributed by atoms with Gasteiger partial charge < -0.3 is 9.32 Å². The molecule has 186 valence electrons. The smallest absolute Gasteiger partial charge is 0.419 e. The van der Waals surface area contributed by atoms with Gasteiger partial charge in [-0.25, -0.2) is 4.39 Å². The van der Waals surface area contributed by atoms with Crippen LogP contribution in [-0.4, -0.2) is 35.0 Å². The van der Waals surface area contributed by atoms with E-state index in [1.807, 2.05) is 6.07 Å². The molecular weight excluding hydrogens is 496 g/mol. The SMILES string of the molecule is O=C(C1=C(Cl)N2C=C(c3ccoc3)C=C(C(F)(F)F)C2=C=C1)N1CCCC(c2cccc(F)c2)CC1. The van der Waals surface area contributed by atoms with Crippen molar-refractivity contribution in [2.24, 2.45) is 0 Å². The highest BCUT2D eigenvalue weighted by atomic mass is 35.5. The first kappa shape index (κ1) is 24.2. The van der Waals surface area contributed by atoms with E-state index in [-0.39, 0.29) is 39.6 Å². The highest BCUT2D eigenvalue weighted by molar-refractivity contribution is 6.32. The molecule has 0 radical (unpaired) electrons. The highest BCUT2D eigenvalue weighted by Crippen LogP contribution is 2.43. The number of fused-ring (bicyclic) bond motifs is 1. The monoisotopic (exact) mass is 516 g/mol. The van der Waals surface area contributed by atoms with Gasteiger partial charge >= 0.3 is 6.18 Å². The number of benzene rings is 1. The van der Waals surface area contributed by atoms with Crippen LogP contribution in [0.25, 0.3) is 5.57 Å². The minimum Gasteiger partial charge on any atom is -0.472 e.